The number of carbonyl (C=O) groups excluding carboxylic acids is 3. The van der Waals surface area contributed by atoms with Crippen LogP contribution in [0.5, 0.6) is 0 Å². The lowest BCUT2D eigenvalue weighted by Gasteiger charge is -2.13. The van der Waals surface area contributed by atoms with Gasteiger partial charge in [-0.15, -0.1) is 0 Å². The quantitative estimate of drug-likeness (QED) is 0.521. The number of fused-ring (bicyclic) bond motifs is 1. The highest BCUT2D eigenvalue weighted by atomic mass is 16.5. The lowest BCUT2D eigenvalue weighted by molar-refractivity contribution is -0.120. The minimum absolute atomic E-state index is 0.115. The molecule has 166 valence electrons. The van der Waals surface area contributed by atoms with E-state index in [4.69, 9.17) is 4.74 Å². The molecular formula is C23H24N4O5. The van der Waals surface area contributed by atoms with E-state index in [2.05, 4.69) is 15.6 Å². The Morgan fingerprint density at radius 3 is 2.59 bits per heavy atom. The SMILES string of the molecule is CCOC(=O)c1cccc(NC(=O)Cn2c(=O)c(CCC(=O)NC)nc3ccccc32)c1. The zero-order valence-electron chi connectivity index (χ0n) is 17.9. The van der Waals surface area contributed by atoms with Crippen LogP contribution in [0.4, 0.5) is 5.69 Å². The van der Waals surface area contributed by atoms with Gasteiger partial charge in [0.2, 0.25) is 11.8 Å². The predicted molar refractivity (Wildman–Crippen MR) is 119 cm³/mol. The molecule has 2 N–H and O–H groups in total. The maximum atomic E-state index is 13.0. The van der Waals surface area contributed by atoms with Gasteiger partial charge in [-0.2, -0.15) is 0 Å². The van der Waals surface area contributed by atoms with Gasteiger partial charge in [-0.25, -0.2) is 9.78 Å². The Kier molecular flexibility index (Phi) is 7.33. The molecule has 0 aliphatic carbocycles. The van der Waals surface area contributed by atoms with Crippen molar-refractivity contribution in [2.75, 3.05) is 19.0 Å². The first-order valence-corrected chi connectivity index (χ1v) is 10.2. The maximum absolute atomic E-state index is 13.0. The second-order valence-electron chi connectivity index (χ2n) is 6.96. The number of carbonyl (C=O) groups is 3. The molecule has 0 aliphatic rings. The molecule has 9 nitrogen and oxygen atoms in total. The monoisotopic (exact) mass is 436 g/mol. The van der Waals surface area contributed by atoms with Gasteiger partial charge in [0, 0.05) is 25.6 Å². The van der Waals surface area contributed by atoms with E-state index in [0.29, 0.717) is 22.3 Å². The van der Waals surface area contributed by atoms with Crippen LogP contribution in [0.1, 0.15) is 29.4 Å². The Hall–Kier alpha value is -4.01. The van der Waals surface area contributed by atoms with Gasteiger partial charge in [0.1, 0.15) is 12.2 Å². The van der Waals surface area contributed by atoms with Crippen LogP contribution in [0, 0.1) is 0 Å². The summed E-state index contributed by atoms with van der Waals surface area (Å²) in [7, 11) is 1.52. The van der Waals surface area contributed by atoms with Gasteiger partial charge in [0.25, 0.3) is 5.56 Å². The van der Waals surface area contributed by atoms with E-state index < -0.39 is 17.4 Å². The zero-order valence-corrected chi connectivity index (χ0v) is 17.9. The molecule has 0 atom stereocenters. The standard InChI is InChI=1S/C23H24N4O5/c1-3-32-23(31)15-7-6-8-16(13-15)25-21(29)14-27-19-10-5-4-9-17(19)26-18(22(27)30)11-12-20(28)24-2/h4-10,13H,3,11-12,14H2,1-2H3,(H,24,28)(H,25,29). The molecule has 2 amide bonds. The Labute approximate surface area is 184 Å². The Balaban J connectivity index is 1.86. The van der Waals surface area contributed by atoms with Crippen molar-refractivity contribution in [3.63, 3.8) is 0 Å². The number of ether oxygens (including phenoxy) is 1. The number of hydrogen-bond acceptors (Lipinski definition) is 6. The van der Waals surface area contributed by atoms with Crippen molar-refractivity contribution in [2.24, 2.45) is 0 Å². The van der Waals surface area contributed by atoms with Crippen LogP contribution in [-0.2, 0) is 27.3 Å². The van der Waals surface area contributed by atoms with Gasteiger partial charge in [-0.3, -0.25) is 19.0 Å². The van der Waals surface area contributed by atoms with Crippen LogP contribution >= 0.6 is 0 Å². The number of rotatable bonds is 8. The summed E-state index contributed by atoms with van der Waals surface area (Å²) in [4.78, 5) is 53.7. The largest absolute Gasteiger partial charge is 0.462 e. The number of hydrogen-bond donors (Lipinski definition) is 2. The van der Waals surface area contributed by atoms with E-state index in [-0.39, 0.29) is 37.6 Å². The van der Waals surface area contributed by atoms with Crippen LogP contribution in [0.15, 0.2) is 53.3 Å². The Morgan fingerprint density at radius 2 is 1.84 bits per heavy atom. The number of aryl methyl sites for hydroxylation is 1. The Morgan fingerprint density at radius 1 is 1.06 bits per heavy atom. The number of para-hydroxylation sites is 2. The van der Waals surface area contributed by atoms with E-state index in [1.807, 2.05) is 0 Å². The lowest BCUT2D eigenvalue weighted by atomic mass is 10.2. The van der Waals surface area contributed by atoms with Crippen LogP contribution < -0.4 is 16.2 Å². The molecule has 2 aromatic carbocycles. The molecule has 1 heterocycles. The summed E-state index contributed by atoms with van der Waals surface area (Å²) in [6.45, 7) is 1.71. The van der Waals surface area contributed by atoms with Crippen molar-refractivity contribution in [3.8, 4) is 0 Å². The lowest BCUT2D eigenvalue weighted by Crippen LogP contribution is -2.31. The second kappa shape index (κ2) is 10.3. The Bertz CT molecular complexity index is 1220. The molecule has 32 heavy (non-hydrogen) atoms. The molecule has 1 aromatic heterocycles. The molecule has 0 saturated carbocycles. The highest BCUT2D eigenvalue weighted by molar-refractivity contribution is 5.95. The van der Waals surface area contributed by atoms with E-state index in [0.717, 1.165) is 0 Å². The third-order valence-corrected chi connectivity index (χ3v) is 4.75. The maximum Gasteiger partial charge on any atom is 0.338 e. The van der Waals surface area contributed by atoms with Gasteiger partial charge in [-0.1, -0.05) is 18.2 Å². The highest BCUT2D eigenvalue weighted by Crippen LogP contribution is 2.14. The van der Waals surface area contributed by atoms with Crippen molar-refractivity contribution < 1.29 is 19.1 Å². The number of aromatic nitrogens is 2. The van der Waals surface area contributed by atoms with Crippen LogP contribution in [0.3, 0.4) is 0 Å². The van der Waals surface area contributed by atoms with E-state index in [1.54, 1.807) is 49.4 Å². The summed E-state index contributed by atoms with van der Waals surface area (Å²) in [5.74, 6) is -1.13. The van der Waals surface area contributed by atoms with Gasteiger partial charge >= 0.3 is 5.97 Å². The second-order valence-corrected chi connectivity index (χ2v) is 6.96. The van der Waals surface area contributed by atoms with Gasteiger partial charge in [-0.05, 0) is 37.3 Å². The number of nitrogens with zero attached hydrogens (tertiary/aromatic N) is 2. The third-order valence-electron chi connectivity index (χ3n) is 4.75. The topological polar surface area (TPSA) is 119 Å². The van der Waals surface area contributed by atoms with E-state index in [1.165, 1.54) is 17.7 Å². The van der Waals surface area contributed by atoms with Crippen molar-refractivity contribution in [1.82, 2.24) is 14.9 Å². The molecule has 0 fully saturated rings. The predicted octanol–water partition coefficient (Wildman–Crippen LogP) is 1.89. The molecule has 3 rings (SSSR count). The number of amides is 2. The fourth-order valence-corrected chi connectivity index (χ4v) is 3.20. The summed E-state index contributed by atoms with van der Waals surface area (Å²) in [6.07, 6.45) is 0.274. The fraction of sp³-hybridized carbons (Fsp3) is 0.261. The van der Waals surface area contributed by atoms with Crippen LogP contribution in [0.2, 0.25) is 0 Å². The van der Waals surface area contributed by atoms with Gasteiger partial charge in [0.05, 0.1) is 23.2 Å². The van der Waals surface area contributed by atoms with Crippen LogP contribution in [0.25, 0.3) is 11.0 Å². The average molecular weight is 436 g/mol. The number of nitrogens with one attached hydrogen (secondary N) is 2. The summed E-state index contributed by atoms with van der Waals surface area (Å²) < 4.78 is 6.32. The minimum Gasteiger partial charge on any atom is -0.462 e. The first kappa shape index (κ1) is 22.7. The van der Waals surface area contributed by atoms with E-state index >= 15 is 0 Å². The molecule has 9 heteroatoms. The van der Waals surface area contributed by atoms with Gasteiger partial charge in [0.15, 0.2) is 0 Å². The summed E-state index contributed by atoms with van der Waals surface area (Å²) in [5, 5.41) is 5.22. The molecule has 0 aliphatic heterocycles. The van der Waals surface area contributed by atoms with Crippen molar-refractivity contribution >= 4 is 34.5 Å². The highest BCUT2D eigenvalue weighted by Gasteiger charge is 2.15. The van der Waals surface area contributed by atoms with E-state index in [9.17, 15) is 19.2 Å². The number of benzene rings is 2. The van der Waals surface area contributed by atoms with Crippen LogP contribution in [-0.4, -0.2) is 41.0 Å². The summed E-state index contributed by atoms with van der Waals surface area (Å²) in [6, 6.07) is 13.4. The molecule has 0 spiro atoms. The summed E-state index contributed by atoms with van der Waals surface area (Å²) in [5.41, 5.74) is 1.57. The molecule has 0 radical (unpaired) electrons. The first-order chi connectivity index (χ1) is 15.4. The number of anilines is 1. The first-order valence-electron chi connectivity index (χ1n) is 10.2. The van der Waals surface area contributed by atoms with Crippen molar-refractivity contribution in [1.29, 1.82) is 0 Å². The zero-order chi connectivity index (χ0) is 23.1. The minimum atomic E-state index is -0.485. The fourth-order valence-electron chi connectivity index (χ4n) is 3.20. The third kappa shape index (κ3) is 5.37. The molecule has 0 bridgehead atoms. The smallest absolute Gasteiger partial charge is 0.338 e. The molecular weight excluding hydrogens is 412 g/mol. The average Bonchev–Trinajstić information content (AvgIpc) is 2.79. The van der Waals surface area contributed by atoms with Crippen molar-refractivity contribution in [2.45, 2.75) is 26.3 Å². The number of esters is 1. The normalized spacial score (nSPS) is 10.6. The van der Waals surface area contributed by atoms with Crippen molar-refractivity contribution in [3.05, 3.63) is 70.1 Å². The van der Waals surface area contributed by atoms with Gasteiger partial charge < -0.3 is 15.4 Å². The molecule has 0 saturated heterocycles. The molecule has 0 unspecified atom stereocenters. The molecule has 3 aromatic rings. The summed E-state index contributed by atoms with van der Waals surface area (Å²) >= 11 is 0.